The second-order valence-electron chi connectivity index (χ2n) is 3.40. The third-order valence-corrected chi connectivity index (χ3v) is 5.08. The maximum Gasteiger partial charge on any atom is 0.327 e. The van der Waals surface area contributed by atoms with Crippen molar-refractivity contribution in [1.29, 1.82) is 0 Å². The van der Waals surface area contributed by atoms with Crippen molar-refractivity contribution >= 4 is 34.0 Å². The second kappa shape index (κ2) is 8.35. The zero-order valence-corrected chi connectivity index (χ0v) is 11.2. The van der Waals surface area contributed by atoms with Gasteiger partial charge in [0.15, 0.2) is 9.84 Å². The molecule has 0 fully saturated rings. The Bertz CT molecular complexity index is 341. The molecule has 0 aliphatic heterocycles. The molecule has 0 saturated carbocycles. The minimum Gasteiger partial charge on any atom is -0.480 e. The fraction of sp³-hybridized carbons (Fsp3) is 0.778. The molecule has 0 aromatic carbocycles. The molecule has 0 saturated heterocycles. The van der Waals surface area contributed by atoms with E-state index < -0.39 is 21.8 Å². The van der Waals surface area contributed by atoms with Crippen molar-refractivity contribution in [3.8, 4) is 0 Å². The molecule has 0 heterocycles. The van der Waals surface area contributed by atoms with E-state index in [1.807, 2.05) is 0 Å². The first-order chi connectivity index (χ1) is 7.93. The fourth-order valence-corrected chi connectivity index (χ4v) is 4.03. The third-order valence-electron chi connectivity index (χ3n) is 1.91. The summed E-state index contributed by atoms with van der Waals surface area (Å²) >= 11 is 1.20. The zero-order chi connectivity index (χ0) is 13.3. The Morgan fingerprint density at radius 2 is 2.12 bits per heavy atom. The maximum atomic E-state index is 11.3. The Morgan fingerprint density at radius 1 is 1.47 bits per heavy atom. The first kappa shape index (κ1) is 16.2. The second-order valence-corrected chi connectivity index (χ2v) is 6.86. The van der Waals surface area contributed by atoms with Gasteiger partial charge in [-0.05, 0) is 6.42 Å². The van der Waals surface area contributed by atoms with Gasteiger partial charge < -0.3 is 10.4 Å². The Hall–Kier alpha value is -0.760. The molecule has 100 valence electrons. The average molecular weight is 283 g/mol. The van der Waals surface area contributed by atoms with Crippen molar-refractivity contribution in [2.75, 3.05) is 23.0 Å². The van der Waals surface area contributed by atoms with Crippen LogP contribution in [0.3, 0.4) is 0 Å². The highest BCUT2D eigenvalue weighted by molar-refractivity contribution is 8.00. The van der Waals surface area contributed by atoms with E-state index in [9.17, 15) is 18.0 Å². The molecule has 0 bridgehead atoms. The summed E-state index contributed by atoms with van der Waals surface area (Å²) in [6.45, 7) is 1.79. The number of thioether (sulfide) groups is 1. The molecule has 17 heavy (non-hydrogen) atoms. The molecule has 2 N–H and O–H groups in total. The third kappa shape index (κ3) is 8.03. The number of hydrogen-bond acceptors (Lipinski definition) is 5. The van der Waals surface area contributed by atoms with Gasteiger partial charge in [0.05, 0.1) is 5.75 Å². The molecule has 0 aliphatic rings. The number of aliphatic carboxylic acids is 1. The summed E-state index contributed by atoms with van der Waals surface area (Å²) in [5.74, 6) is -0.426. The van der Waals surface area contributed by atoms with Crippen LogP contribution in [0.4, 0.5) is 0 Å². The Balaban J connectivity index is 3.90. The van der Waals surface area contributed by atoms with Crippen molar-refractivity contribution < 1.29 is 23.1 Å². The van der Waals surface area contributed by atoms with Gasteiger partial charge in [0, 0.05) is 17.3 Å². The van der Waals surface area contributed by atoms with Crippen molar-refractivity contribution in [3.63, 3.8) is 0 Å². The molecule has 1 unspecified atom stereocenters. The Morgan fingerprint density at radius 3 is 2.59 bits per heavy atom. The maximum absolute atomic E-state index is 11.3. The molecule has 0 spiro atoms. The predicted octanol–water partition coefficient (Wildman–Crippen LogP) is -0.256. The molecule has 1 atom stereocenters. The van der Waals surface area contributed by atoms with Crippen LogP contribution in [0.5, 0.6) is 0 Å². The monoisotopic (exact) mass is 283 g/mol. The van der Waals surface area contributed by atoms with E-state index in [1.54, 1.807) is 6.92 Å². The fourth-order valence-electron chi connectivity index (χ4n) is 1.07. The summed E-state index contributed by atoms with van der Waals surface area (Å²) in [7, 11) is -3.02. The lowest BCUT2D eigenvalue weighted by Gasteiger charge is -2.10. The van der Waals surface area contributed by atoms with Crippen LogP contribution < -0.4 is 5.32 Å². The SMILES string of the molecule is CCCS(=O)(=O)CCSCC(NC=O)C(=O)O. The lowest BCUT2D eigenvalue weighted by Crippen LogP contribution is -2.38. The number of hydrogen-bond donors (Lipinski definition) is 2. The van der Waals surface area contributed by atoms with Crippen molar-refractivity contribution in [3.05, 3.63) is 0 Å². The summed E-state index contributed by atoms with van der Waals surface area (Å²) in [5.41, 5.74) is 0. The Labute approximate surface area is 105 Å². The van der Waals surface area contributed by atoms with Gasteiger partial charge in [0.25, 0.3) is 0 Å². The molecule has 6 nitrogen and oxygen atoms in total. The van der Waals surface area contributed by atoms with Crippen LogP contribution in [0.2, 0.25) is 0 Å². The average Bonchev–Trinajstić information content (AvgIpc) is 2.22. The van der Waals surface area contributed by atoms with Crippen LogP contribution >= 0.6 is 11.8 Å². The standard InChI is InChI=1S/C9H17NO5S2/c1-2-4-17(14,15)5-3-16-6-8(9(12)13)10-7-11/h7-8H,2-6H2,1H3,(H,10,11)(H,12,13). The van der Waals surface area contributed by atoms with Crippen LogP contribution in [0, 0.1) is 0 Å². The van der Waals surface area contributed by atoms with E-state index in [0.29, 0.717) is 18.6 Å². The largest absolute Gasteiger partial charge is 0.480 e. The van der Waals surface area contributed by atoms with E-state index >= 15 is 0 Å². The highest BCUT2D eigenvalue weighted by atomic mass is 32.2. The van der Waals surface area contributed by atoms with E-state index in [2.05, 4.69) is 5.32 Å². The van der Waals surface area contributed by atoms with E-state index in [4.69, 9.17) is 5.11 Å². The summed E-state index contributed by atoms with van der Waals surface area (Å²) < 4.78 is 22.7. The van der Waals surface area contributed by atoms with Crippen molar-refractivity contribution in [2.45, 2.75) is 19.4 Å². The van der Waals surface area contributed by atoms with E-state index in [1.165, 1.54) is 11.8 Å². The van der Waals surface area contributed by atoms with Crippen LogP contribution in [0.15, 0.2) is 0 Å². The minimum absolute atomic E-state index is 0.0406. The number of sulfone groups is 1. The van der Waals surface area contributed by atoms with Gasteiger partial charge in [-0.15, -0.1) is 0 Å². The molecule has 0 rings (SSSR count). The van der Waals surface area contributed by atoms with E-state index in [-0.39, 0.29) is 17.3 Å². The number of amides is 1. The Kier molecular flexibility index (Phi) is 7.98. The van der Waals surface area contributed by atoms with Gasteiger partial charge in [-0.3, -0.25) is 4.79 Å². The van der Waals surface area contributed by atoms with Gasteiger partial charge in [0.2, 0.25) is 6.41 Å². The molecular formula is C9H17NO5S2. The van der Waals surface area contributed by atoms with E-state index in [0.717, 1.165) is 0 Å². The molecule has 0 radical (unpaired) electrons. The first-order valence-corrected chi connectivity index (χ1v) is 8.11. The van der Waals surface area contributed by atoms with Crippen LogP contribution in [0.1, 0.15) is 13.3 Å². The molecule has 0 aliphatic carbocycles. The van der Waals surface area contributed by atoms with Crippen LogP contribution in [0.25, 0.3) is 0 Å². The summed E-state index contributed by atoms with van der Waals surface area (Å²) in [4.78, 5) is 20.7. The number of nitrogens with one attached hydrogen (secondary N) is 1. The predicted molar refractivity (Wildman–Crippen MR) is 66.9 cm³/mol. The highest BCUT2D eigenvalue weighted by Crippen LogP contribution is 2.06. The van der Waals surface area contributed by atoms with Gasteiger partial charge in [-0.2, -0.15) is 11.8 Å². The van der Waals surface area contributed by atoms with Gasteiger partial charge in [-0.25, -0.2) is 13.2 Å². The lowest BCUT2D eigenvalue weighted by atomic mass is 10.3. The molecule has 0 aromatic rings. The summed E-state index contributed by atoms with van der Waals surface area (Å²) in [5, 5.41) is 10.8. The van der Waals surface area contributed by atoms with Crippen molar-refractivity contribution in [1.82, 2.24) is 5.32 Å². The topological polar surface area (TPSA) is 101 Å². The highest BCUT2D eigenvalue weighted by Gasteiger charge is 2.16. The lowest BCUT2D eigenvalue weighted by molar-refractivity contribution is -0.139. The molecule has 0 aromatic heterocycles. The van der Waals surface area contributed by atoms with Crippen LogP contribution in [-0.4, -0.2) is 55.0 Å². The molecule has 1 amide bonds. The minimum atomic E-state index is -3.02. The summed E-state index contributed by atoms with van der Waals surface area (Å²) in [6, 6.07) is -0.966. The normalized spacial score (nSPS) is 13.0. The number of carbonyl (C=O) groups excluding carboxylic acids is 1. The number of carbonyl (C=O) groups is 2. The zero-order valence-electron chi connectivity index (χ0n) is 9.59. The summed E-state index contributed by atoms with van der Waals surface area (Å²) in [6.07, 6.45) is 0.907. The smallest absolute Gasteiger partial charge is 0.327 e. The van der Waals surface area contributed by atoms with Gasteiger partial charge in [0.1, 0.15) is 6.04 Å². The number of carboxylic acid groups (broad SMARTS) is 1. The molecule has 8 heteroatoms. The number of rotatable bonds is 10. The molecular weight excluding hydrogens is 266 g/mol. The first-order valence-electron chi connectivity index (χ1n) is 5.13. The van der Waals surface area contributed by atoms with Gasteiger partial charge in [-0.1, -0.05) is 6.92 Å². The van der Waals surface area contributed by atoms with Crippen LogP contribution in [-0.2, 0) is 19.4 Å². The number of carboxylic acids is 1. The van der Waals surface area contributed by atoms with Gasteiger partial charge >= 0.3 is 5.97 Å². The quantitative estimate of drug-likeness (QED) is 0.423. The van der Waals surface area contributed by atoms with Crippen molar-refractivity contribution in [2.24, 2.45) is 0 Å².